The average molecular weight is 282 g/mol. The molecule has 2 amide bonds. The number of amides is 2. The maximum absolute atomic E-state index is 12.2. The molecule has 0 aliphatic heterocycles. The van der Waals surface area contributed by atoms with Crippen LogP contribution in [0.5, 0.6) is 0 Å². The van der Waals surface area contributed by atoms with E-state index in [1.807, 2.05) is 81.4 Å². The van der Waals surface area contributed by atoms with E-state index >= 15 is 0 Å². The number of nitrogens with one attached hydrogen (secondary N) is 2. The molecule has 0 aliphatic rings. The zero-order valence-corrected chi connectivity index (χ0v) is 12.8. The number of urea groups is 1. The van der Waals surface area contributed by atoms with Crippen LogP contribution in [0, 0.1) is 0 Å². The first-order valence-corrected chi connectivity index (χ1v) is 7.14. The first-order chi connectivity index (χ1) is 9.96. The van der Waals surface area contributed by atoms with Gasteiger partial charge in [0, 0.05) is 5.54 Å². The molecular weight excluding hydrogens is 260 g/mol. The van der Waals surface area contributed by atoms with Gasteiger partial charge in [-0.1, -0.05) is 60.7 Å². The summed E-state index contributed by atoms with van der Waals surface area (Å²) in [6.07, 6.45) is 0. The minimum absolute atomic E-state index is 0.158. The number of carbonyl (C=O) groups excluding carboxylic acids is 1. The zero-order valence-electron chi connectivity index (χ0n) is 12.8. The van der Waals surface area contributed by atoms with Gasteiger partial charge >= 0.3 is 6.03 Å². The Morgan fingerprint density at radius 3 is 1.67 bits per heavy atom. The van der Waals surface area contributed by atoms with E-state index in [0.717, 1.165) is 11.1 Å². The first kappa shape index (κ1) is 15.1. The van der Waals surface area contributed by atoms with Gasteiger partial charge in [-0.3, -0.25) is 0 Å². The number of hydrogen-bond donors (Lipinski definition) is 2. The molecule has 0 saturated carbocycles. The van der Waals surface area contributed by atoms with Crippen molar-refractivity contribution in [2.45, 2.75) is 32.4 Å². The molecule has 0 fully saturated rings. The first-order valence-electron chi connectivity index (χ1n) is 7.14. The Balaban J connectivity index is 2.24. The second-order valence-electron chi connectivity index (χ2n) is 6.10. The van der Waals surface area contributed by atoms with Gasteiger partial charge in [-0.25, -0.2) is 4.79 Å². The monoisotopic (exact) mass is 282 g/mol. The van der Waals surface area contributed by atoms with Crippen molar-refractivity contribution in [2.24, 2.45) is 0 Å². The lowest BCUT2D eigenvalue weighted by Crippen LogP contribution is -2.47. The second-order valence-corrected chi connectivity index (χ2v) is 6.10. The molecule has 3 nitrogen and oxygen atoms in total. The van der Waals surface area contributed by atoms with Crippen molar-refractivity contribution >= 4 is 6.03 Å². The number of carbonyl (C=O) groups is 1. The van der Waals surface area contributed by atoms with Crippen molar-refractivity contribution in [1.82, 2.24) is 10.6 Å². The Hall–Kier alpha value is -2.29. The van der Waals surface area contributed by atoms with Crippen LogP contribution in [0.3, 0.4) is 0 Å². The van der Waals surface area contributed by atoms with Crippen LogP contribution in [0.15, 0.2) is 60.7 Å². The van der Waals surface area contributed by atoms with E-state index in [2.05, 4.69) is 10.6 Å². The standard InChI is InChI=1S/C18H22N2O/c1-18(2,3)20-17(21)19-16(14-10-6-4-7-11-14)15-12-8-5-9-13-15/h4-13,16H,1-3H3,(H2,19,20,21). The maximum Gasteiger partial charge on any atom is 0.315 e. The fourth-order valence-corrected chi connectivity index (χ4v) is 2.16. The highest BCUT2D eigenvalue weighted by Gasteiger charge is 2.19. The average Bonchev–Trinajstić information content (AvgIpc) is 2.45. The van der Waals surface area contributed by atoms with Gasteiger partial charge in [-0.05, 0) is 31.9 Å². The lowest BCUT2D eigenvalue weighted by molar-refractivity contribution is 0.230. The quantitative estimate of drug-likeness (QED) is 0.881. The molecule has 2 aromatic carbocycles. The number of hydrogen-bond acceptors (Lipinski definition) is 1. The molecule has 0 heterocycles. The summed E-state index contributed by atoms with van der Waals surface area (Å²) in [5, 5.41) is 6.00. The van der Waals surface area contributed by atoms with E-state index in [9.17, 15) is 4.79 Å². The van der Waals surface area contributed by atoms with Gasteiger partial charge in [0.2, 0.25) is 0 Å². The number of rotatable bonds is 3. The Bertz CT molecular complexity index is 534. The molecule has 0 aliphatic carbocycles. The molecule has 110 valence electrons. The molecule has 2 N–H and O–H groups in total. The highest BCUT2D eigenvalue weighted by Crippen LogP contribution is 2.21. The fourth-order valence-electron chi connectivity index (χ4n) is 2.16. The third kappa shape index (κ3) is 4.63. The van der Waals surface area contributed by atoms with Gasteiger partial charge in [-0.15, -0.1) is 0 Å². The van der Waals surface area contributed by atoms with E-state index in [1.165, 1.54) is 0 Å². The highest BCUT2D eigenvalue weighted by atomic mass is 16.2. The van der Waals surface area contributed by atoms with Crippen LogP contribution >= 0.6 is 0 Å². The number of benzene rings is 2. The zero-order chi connectivity index (χ0) is 15.3. The molecular formula is C18H22N2O. The van der Waals surface area contributed by atoms with Crippen LogP contribution in [0.2, 0.25) is 0 Å². The summed E-state index contributed by atoms with van der Waals surface area (Å²) in [4.78, 5) is 12.2. The summed E-state index contributed by atoms with van der Waals surface area (Å²) in [6, 6.07) is 19.6. The Morgan fingerprint density at radius 2 is 1.29 bits per heavy atom. The molecule has 21 heavy (non-hydrogen) atoms. The topological polar surface area (TPSA) is 41.1 Å². The molecule has 0 unspecified atom stereocenters. The Labute approximate surface area is 126 Å². The Morgan fingerprint density at radius 1 is 0.857 bits per heavy atom. The molecule has 0 radical (unpaired) electrons. The van der Waals surface area contributed by atoms with Crippen molar-refractivity contribution < 1.29 is 4.79 Å². The summed E-state index contributed by atoms with van der Waals surface area (Å²) in [6.45, 7) is 5.89. The van der Waals surface area contributed by atoms with Crippen molar-refractivity contribution in [2.75, 3.05) is 0 Å². The predicted molar refractivity (Wildman–Crippen MR) is 86.1 cm³/mol. The molecule has 0 bridgehead atoms. The maximum atomic E-state index is 12.2. The smallest absolute Gasteiger partial charge is 0.315 e. The van der Waals surface area contributed by atoms with Gasteiger partial charge < -0.3 is 10.6 Å². The minimum atomic E-state index is -0.262. The summed E-state index contributed by atoms with van der Waals surface area (Å²) in [5.74, 6) is 0. The van der Waals surface area contributed by atoms with Crippen LogP contribution < -0.4 is 10.6 Å². The highest BCUT2D eigenvalue weighted by molar-refractivity contribution is 5.75. The van der Waals surface area contributed by atoms with E-state index < -0.39 is 0 Å². The van der Waals surface area contributed by atoms with Crippen LogP contribution in [-0.4, -0.2) is 11.6 Å². The molecule has 0 saturated heterocycles. The third-order valence-corrected chi connectivity index (χ3v) is 3.03. The molecule has 0 aromatic heterocycles. The van der Waals surface area contributed by atoms with Gasteiger partial charge in [0.15, 0.2) is 0 Å². The van der Waals surface area contributed by atoms with Crippen LogP contribution in [0.1, 0.15) is 37.9 Å². The third-order valence-electron chi connectivity index (χ3n) is 3.03. The molecule has 3 heteroatoms. The van der Waals surface area contributed by atoms with E-state index in [4.69, 9.17) is 0 Å². The summed E-state index contributed by atoms with van der Waals surface area (Å²) < 4.78 is 0. The van der Waals surface area contributed by atoms with Crippen LogP contribution in [0.25, 0.3) is 0 Å². The Kier molecular flexibility index (Phi) is 4.63. The molecule has 0 spiro atoms. The van der Waals surface area contributed by atoms with Crippen molar-refractivity contribution in [3.8, 4) is 0 Å². The lowest BCUT2D eigenvalue weighted by Gasteiger charge is -2.25. The summed E-state index contributed by atoms with van der Waals surface area (Å²) in [7, 11) is 0. The molecule has 0 atom stereocenters. The van der Waals surface area contributed by atoms with Crippen molar-refractivity contribution in [3.05, 3.63) is 71.8 Å². The summed E-state index contributed by atoms with van der Waals surface area (Å²) >= 11 is 0. The summed E-state index contributed by atoms with van der Waals surface area (Å²) in [5.41, 5.74) is 1.86. The lowest BCUT2D eigenvalue weighted by atomic mass is 9.99. The van der Waals surface area contributed by atoms with Gasteiger partial charge in [0.25, 0.3) is 0 Å². The normalized spacial score (nSPS) is 11.2. The fraction of sp³-hybridized carbons (Fsp3) is 0.278. The SMILES string of the molecule is CC(C)(C)NC(=O)NC(c1ccccc1)c1ccccc1. The van der Waals surface area contributed by atoms with Crippen molar-refractivity contribution in [1.29, 1.82) is 0 Å². The van der Waals surface area contributed by atoms with Gasteiger partial charge in [0.1, 0.15) is 0 Å². The largest absolute Gasteiger partial charge is 0.334 e. The van der Waals surface area contributed by atoms with E-state index in [0.29, 0.717) is 0 Å². The van der Waals surface area contributed by atoms with Crippen molar-refractivity contribution in [3.63, 3.8) is 0 Å². The second kappa shape index (κ2) is 6.44. The molecule has 2 rings (SSSR count). The molecule has 2 aromatic rings. The van der Waals surface area contributed by atoms with Crippen LogP contribution in [-0.2, 0) is 0 Å². The minimum Gasteiger partial charge on any atom is -0.334 e. The van der Waals surface area contributed by atoms with Crippen LogP contribution in [0.4, 0.5) is 4.79 Å². The predicted octanol–water partition coefficient (Wildman–Crippen LogP) is 3.87. The van der Waals surface area contributed by atoms with Gasteiger partial charge in [0.05, 0.1) is 6.04 Å². The van der Waals surface area contributed by atoms with E-state index in [1.54, 1.807) is 0 Å². The van der Waals surface area contributed by atoms with E-state index in [-0.39, 0.29) is 17.6 Å². The van der Waals surface area contributed by atoms with Gasteiger partial charge in [-0.2, -0.15) is 0 Å².